The summed E-state index contributed by atoms with van der Waals surface area (Å²) in [4.78, 5) is 20.3. The maximum absolute atomic E-state index is 6.95. The fourth-order valence-corrected chi connectivity index (χ4v) is 8.62. The SMILES string of the molecule is c1ccc(-c2nc(-c3cccc4c3oc3c(-n5c6ccccc6c6cccnc65)cccc34)nc(-c3cccc4sc5ccccc5c34)n2)cc1. The van der Waals surface area contributed by atoms with Crippen LogP contribution in [-0.2, 0) is 0 Å². The third-order valence-electron chi connectivity index (χ3n) is 9.73. The van der Waals surface area contributed by atoms with E-state index in [0.29, 0.717) is 17.5 Å². The van der Waals surface area contributed by atoms with Gasteiger partial charge in [0.25, 0.3) is 0 Å². The first-order valence-electron chi connectivity index (χ1n) is 16.8. The van der Waals surface area contributed by atoms with Crippen LogP contribution in [0, 0.1) is 0 Å². The molecule has 0 unspecified atom stereocenters. The Bertz CT molecular complexity index is 3100. The highest BCUT2D eigenvalue weighted by molar-refractivity contribution is 7.25. The van der Waals surface area contributed by atoms with Crippen LogP contribution in [0.15, 0.2) is 156 Å². The van der Waals surface area contributed by atoms with Crippen molar-refractivity contribution in [2.75, 3.05) is 0 Å². The normalized spacial score (nSPS) is 11.9. The molecule has 238 valence electrons. The highest BCUT2D eigenvalue weighted by atomic mass is 32.1. The zero-order chi connectivity index (χ0) is 33.5. The molecule has 5 heterocycles. The molecule has 0 fully saturated rings. The summed E-state index contributed by atoms with van der Waals surface area (Å²) in [5.41, 5.74) is 7.09. The van der Waals surface area contributed by atoms with Crippen molar-refractivity contribution < 1.29 is 4.42 Å². The van der Waals surface area contributed by atoms with E-state index in [-0.39, 0.29) is 0 Å². The van der Waals surface area contributed by atoms with Crippen molar-refractivity contribution >= 4 is 75.4 Å². The number of fused-ring (bicyclic) bond motifs is 9. The molecule has 11 aromatic rings. The standard InChI is InChI=1S/C44H25N5OS/c1-2-12-26(13-3-1)41-46-42(32-18-10-24-37-38(32)31-15-5-7-23-36(31)51-37)48-43(47-41)33-19-8-16-28-29-17-9-22-35(40(29)50-39(28)33)49-34-21-6-4-14-27(34)30-20-11-25-45-44(30)49/h1-25H. The Hall–Kier alpha value is -6.70. The van der Waals surface area contributed by atoms with Crippen molar-refractivity contribution in [3.63, 3.8) is 0 Å². The molecule has 7 heteroatoms. The molecule has 0 amide bonds. The Morgan fingerprint density at radius 1 is 0.471 bits per heavy atom. The number of nitrogens with zero attached hydrogens (tertiary/aromatic N) is 5. The van der Waals surface area contributed by atoms with Crippen LogP contribution in [0.3, 0.4) is 0 Å². The Labute approximate surface area is 294 Å². The number of furan rings is 1. The summed E-state index contributed by atoms with van der Waals surface area (Å²) in [7, 11) is 0. The van der Waals surface area contributed by atoms with Crippen molar-refractivity contribution in [2.24, 2.45) is 0 Å². The zero-order valence-electron chi connectivity index (χ0n) is 27.0. The molecule has 0 N–H and O–H groups in total. The van der Waals surface area contributed by atoms with Crippen molar-refractivity contribution in [2.45, 2.75) is 0 Å². The van der Waals surface area contributed by atoms with Gasteiger partial charge in [-0.05, 0) is 42.5 Å². The molecule has 0 saturated heterocycles. The lowest BCUT2D eigenvalue weighted by atomic mass is 10.0. The Morgan fingerprint density at radius 2 is 1.12 bits per heavy atom. The number of aromatic nitrogens is 5. The number of hydrogen-bond acceptors (Lipinski definition) is 6. The fourth-order valence-electron chi connectivity index (χ4n) is 7.49. The largest absolute Gasteiger partial charge is 0.453 e. The van der Waals surface area contributed by atoms with Crippen molar-refractivity contribution in [1.29, 1.82) is 0 Å². The summed E-state index contributed by atoms with van der Waals surface area (Å²) >= 11 is 1.78. The third-order valence-corrected chi connectivity index (χ3v) is 10.9. The second kappa shape index (κ2) is 10.9. The van der Waals surface area contributed by atoms with Crippen LogP contribution < -0.4 is 0 Å². The summed E-state index contributed by atoms with van der Waals surface area (Å²) in [6, 6.07) is 50.0. The van der Waals surface area contributed by atoms with E-state index in [1.165, 1.54) is 14.8 Å². The van der Waals surface area contributed by atoms with E-state index < -0.39 is 0 Å². The first kappa shape index (κ1) is 28.2. The Kier molecular flexibility index (Phi) is 6.02. The number of para-hydroxylation sites is 3. The van der Waals surface area contributed by atoms with Gasteiger partial charge in [0.1, 0.15) is 11.2 Å². The second-order valence-electron chi connectivity index (χ2n) is 12.6. The predicted octanol–water partition coefficient (Wildman–Crippen LogP) is 11.6. The van der Waals surface area contributed by atoms with Crippen molar-refractivity contribution in [3.05, 3.63) is 152 Å². The molecular weight excluding hydrogens is 647 g/mol. The first-order chi connectivity index (χ1) is 25.3. The minimum absolute atomic E-state index is 0.556. The van der Waals surface area contributed by atoms with Crippen LogP contribution in [-0.4, -0.2) is 24.5 Å². The molecule has 11 rings (SSSR count). The second-order valence-corrected chi connectivity index (χ2v) is 13.7. The highest BCUT2D eigenvalue weighted by Crippen LogP contribution is 2.42. The summed E-state index contributed by atoms with van der Waals surface area (Å²) in [5.74, 6) is 1.79. The summed E-state index contributed by atoms with van der Waals surface area (Å²) in [6.07, 6.45) is 1.84. The lowest BCUT2D eigenvalue weighted by Gasteiger charge is -2.10. The minimum atomic E-state index is 0.556. The van der Waals surface area contributed by atoms with E-state index in [9.17, 15) is 0 Å². The van der Waals surface area contributed by atoms with Crippen molar-refractivity contribution in [1.82, 2.24) is 24.5 Å². The fraction of sp³-hybridized carbons (Fsp3) is 0. The summed E-state index contributed by atoms with van der Waals surface area (Å²) in [5, 5.41) is 6.60. The van der Waals surface area contributed by atoms with Crippen LogP contribution in [0.4, 0.5) is 0 Å². The van der Waals surface area contributed by atoms with Gasteiger partial charge >= 0.3 is 0 Å². The summed E-state index contributed by atoms with van der Waals surface area (Å²) < 4.78 is 11.6. The van der Waals surface area contributed by atoms with E-state index in [4.69, 9.17) is 24.4 Å². The molecule has 51 heavy (non-hydrogen) atoms. The van der Waals surface area contributed by atoms with Gasteiger partial charge in [-0.2, -0.15) is 0 Å². The number of pyridine rings is 1. The average molecular weight is 672 g/mol. The van der Waals surface area contributed by atoms with Crippen LogP contribution in [0.1, 0.15) is 0 Å². The maximum Gasteiger partial charge on any atom is 0.167 e. The van der Waals surface area contributed by atoms with Crippen LogP contribution in [0.25, 0.3) is 104 Å². The number of rotatable bonds is 4. The smallest absolute Gasteiger partial charge is 0.167 e. The minimum Gasteiger partial charge on any atom is -0.453 e. The van der Waals surface area contributed by atoms with Gasteiger partial charge in [0.15, 0.2) is 23.1 Å². The molecule has 6 aromatic carbocycles. The lowest BCUT2D eigenvalue weighted by Crippen LogP contribution is -2.00. The number of hydrogen-bond donors (Lipinski definition) is 0. The Balaban J connectivity index is 1.18. The van der Waals surface area contributed by atoms with Crippen LogP contribution >= 0.6 is 11.3 Å². The van der Waals surface area contributed by atoms with Gasteiger partial charge < -0.3 is 4.42 Å². The van der Waals surface area contributed by atoms with Crippen LogP contribution in [0.5, 0.6) is 0 Å². The highest BCUT2D eigenvalue weighted by Gasteiger charge is 2.22. The molecule has 0 radical (unpaired) electrons. The maximum atomic E-state index is 6.95. The first-order valence-corrected chi connectivity index (χ1v) is 17.6. The monoisotopic (exact) mass is 671 g/mol. The van der Waals surface area contributed by atoms with Crippen LogP contribution in [0.2, 0.25) is 0 Å². The van der Waals surface area contributed by atoms with Gasteiger partial charge in [0.05, 0.1) is 16.8 Å². The molecule has 0 aliphatic heterocycles. The van der Waals surface area contributed by atoms with Gasteiger partial charge in [-0.3, -0.25) is 4.57 Å². The number of thiophene rings is 1. The topological polar surface area (TPSA) is 69.6 Å². The van der Waals surface area contributed by atoms with Gasteiger partial charge in [-0.1, -0.05) is 103 Å². The van der Waals surface area contributed by atoms with E-state index in [1.807, 2.05) is 48.7 Å². The number of benzene rings is 6. The molecular formula is C44H25N5OS. The van der Waals surface area contributed by atoms with E-state index >= 15 is 0 Å². The van der Waals surface area contributed by atoms with E-state index in [0.717, 1.165) is 71.6 Å². The molecule has 0 saturated carbocycles. The molecule has 5 aromatic heterocycles. The van der Waals surface area contributed by atoms with Crippen molar-refractivity contribution in [3.8, 4) is 39.9 Å². The molecule has 0 aliphatic rings. The molecule has 6 nitrogen and oxygen atoms in total. The van der Waals surface area contributed by atoms with Gasteiger partial charge in [0, 0.05) is 59.0 Å². The molecule has 0 bridgehead atoms. The van der Waals surface area contributed by atoms with E-state index in [1.54, 1.807) is 11.3 Å². The third kappa shape index (κ3) is 4.22. The average Bonchev–Trinajstić information content (AvgIpc) is 3.88. The van der Waals surface area contributed by atoms with Gasteiger partial charge in [-0.15, -0.1) is 11.3 Å². The van der Waals surface area contributed by atoms with Gasteiger partial charge in [0.2, 0.25) is 0 Å². The molecule has 0 aliphatic carbocycles. The molecule has 0 atom stereocenters. The molecule has 0 spiro atoms. The quantitative estimate of drug-likeness (QED) is 0.186. The summed E-state index contributed by atoms with van der Waals surface area (Å²) in [6.45, 7) is 0. The van der Waals surface area contributed by atoms with E-state index in [2.05, 4.69) is 108 Å². The zero-order valence-corrected chi connectivity index (χ0v) is 27.8. The predicted molar refractivity (Wildman–Crippen MR) is 208 cm³/mol. The lowest BCUT2D eigenvalue weighted by molar-refractivity contribution is 0.667. The Morgan fingerprint density at radius 3 is 2.02 bits per heavy atom. The van der Waals surface area contributed by atoms with Gasteiger partial charge in [-0.25, -0.2) is 19.9 Å².